The van der Waals surface area contributed by atoms with Crippen molar-refractivity contribution in [3.05, 3.63) is 117 Å². The van der Waals surface area contributed by atoms with Crippen molar-refractivity contribution in [3.63, 3.8) is 0 Å². The summed E-state index contributed by atoms with van der Waals surface area (Å²) in [5, 5.41) is 71.6. The molecule has 11 N–H and O–H groups in total. The van der Waals surface area contributed by atoms with Gasteiger partial charge in [0, 0.05) is 55.7 Å². The lowest BCUT2D eigenvalue weighted by molar-refractivity contribution is -0.136. The van der Waals surface area contributed by atoms with Crippen molar-refractivity contribution < 1.29 is 104 Å². The molecule has 4 aromatic rings. The number of nitrogens with one attached hydrogen (secondary N) is 4. The molecule has 77 heavy (non-hydrogen) atoms. The highest BCUT2D eigenvalue weighted by Gasteiger charge is 2.31. The van der Waals surface area contributed by atoms with Crippen molar-refractivity contribution in [2.24, 2.45) is 0 Å². The monoisotopic (exact) mass is 1200 g/mol. The first-order valence-corrected chi connectivity index (χ1v) is 23.5. The third-order valence-corrected chi connectivity index (χ3v) is 11.7. The van der Waals surface area contributed by atoms with E-state index in [2.05, 4.69) is 19.5 Å². The standard InChI is InChI=1S/C43H43B4F8IN7O14/c48-32-21(5-9-26(37(32)53)45(72)73)40(67)58-13-2-16-62(42(69)24-7-11-28(47(76)77)39(55)35(24)51)18-29(64)57-12-1-15-61(19-30(65)60-56)31(66)20-63(43(70)23-4-8-25(44-71)36(52)34(23)50)17-3-14-59-41(68)22-6-10-27(46(74)75)38(54)33(22)49/h4-11,71-77H,1-3,12-20H2,(H,57,64)(H,58,67)(H,59,68)(H,60,65). The summed E-state index contributed by atoms with van der Waals surface area (Å²) in [5.74, 6) is -21.8. The maximum atomic E-state index is 15.2. The van der Waals surface area contributed by atoms with Gasteiger partial charge in [-0.1, -0.05) is 24.3 Å². The first kappa shape index (κ1) is 62.9. The molecule has 4 rings (SSSR count). The highest BCUT2D eigenvalue weighted by molar-refractivity contribution is 14.1. The van der Waals surface area contributed by atoms with Gasteiger partial charge in [0.25, 0.3) is 23.6 Å². The van der Waals surface area contributed by atoms with Gasteiger partial charge in [0.1, 0.15) is 13.1 Å². The Balaban J connectivity index is 1.47. The van der Waals surface area contributed by atoms with Crippen LogP contribution in [-0.4, -0.2) is 179 Å². The second-order valence-electron chi connectivity index (χ2n) is 16.3. The van der Waals surface area contributed by atoms with E-state index in [1.54, 1.807) is 0 Å². The SMILES string of the molecule is O=C(CN(CCCNC(=O)CN(CCCNC(=O)c1ccc(B(O)O)c(F)c1F)C(=O)c1ccc(B(O)O)c(F)c1F)C(=O)CN(CCCNC(=O)c1ccc(B(O)O)c(F)c1F)C(=O)c1ccc([B]O)c(F)c1F)NI. The smallest absolute Gasteiger partial charge is 0.450 e. The normalized spacial score (nSPS) is 10.8. The van der Waals surface area contributed by atoms with Crippen LogP contribution < -0.4 is 41.3 Å². The van der Waals surface area contributed by atoms with E-state index >= 15 is 8.78 Å². The first-order valence-electron chi connectivity index (χ1n) is 22.4. The number of carbonyl (C=O) groups is 7. The zero-order valence-electron chi connectivity index (χ0n) is 39.6. The van der Waals surface area contributed by atoms with Gasteiger partial charge in [-0.2, -0.15) is 0 Å². The molecular weight excluding hydrogens is 1160 g/mol. The van der Waals surface area contributed by atoms with Crippen LogP contribution in [-0.2, 0) is 14.4 Å². The summed E-state index contributed by atoms with van der Waals surface area (Å²) in [7, 11) is -7.09. The van der Waals surface area contributed by atoms with Gasteiger partial charge in [0.15, 0.2) is 46.5 Å². The van der Waals surface area contributed by atoms with Crippen LogP contribution in [0.15, 0.2) is 48.5 Å². The number of rotatable bonds is 26. The van der Waals surface area contributed by atoms with Crippen LogP contribution in [0.5, 0.6) is 0 Å². The lowest BCUT2D eigenvalue weighted by Crippen LogP contribution is -2.47. The van der Waals surface area contributed by atoms with Crippen molar-refractivity contribution in [1.82, 2.24) is 34.2 Å². The van der Waals surface area contributed by atoms with Crippen LogP contribution in [0.3, 0.4) is 0 Å². The number of amides is 7. The van der Waals surface area contributed by atoms with E-state index in [-0.39, 0.29) is 39.8 Å². The molecule has 0 bridgehead atoms. The van der Waals surface area contributed by atoms with Crippen LogP contribution in [0.1, 0.15) is 60.7 Å². The van der Waals surface area contributed by atoms with Crippen molar-refractivity contribution in [2.75, 3.05) is 58.9 Å². The van der Waals surface area contributed by atoms with Crippen molar-refractivity contribution in [1.29, 1.82) is 0 Å². The molecule has 0 fully saturated rings. The van der Waals surface area contributed by atoms with Crippen molar-refractivity contribution in [2.45, 2.75) is 19.3 Å². The second-order valence-corrected chi connectivity index (χ2v) is 16.8. The summed E-state index contributed by atoms with van der Waals surface area (Å²) in [5.41, 5.74) is -6.96. The zero-order chi connectivity index (χ0) is 57.4. The Hall–Kier alpha value is -6.68. The predicted octanol–water partition coefficient (Wildman–Crippen LogP) is -3.90. The predicted molar refractivity (Wildman–Crippen MR) is 265 cm³/mol. The largest absolute Gasteiger partial charge is 0.491 e. The molecule has 0 aromatic heterocycles. The van der Waals surface area contributed by atoms with Crippen LogP contribution in [0.2, 0.25) is 0 Å². The molecule has 7 amide bonds. The minimum atomic E-state index is -2.49. The molecule has 34 heteroatoms. The molecule has 0 saturated heterocycles. The Kier molecular flexibility index (Phi) is 23.8. The van der Waals surface area contributed by atoms with E-state index in [0.717, 1.165) is 41.3 Å². The fourth-order valence-corrected chi connectivity index (χ4v) is 7.27. The maximum Gasteiger partial charge on any atom is 0.491 e. The van der Waals surface area contributed by atoms with Gasteiger partial charge < -0.3 is 65.8 Å². The molecule has 0 unspecified atom stereocenters. The van der Waals surface area contributed by atoms with Gasteiger partial charge in [0.2, 0.25) is 17.7 Å². The second kappa shape index (κ2) is 29.2. The highest BCUT2D eigenvalue weighted by atomic mass is 127. The molecule has 21 nitrogen and oxygen atoms in total. The van der Waals surface area contributed by atoms with E-state index in [4.69, 9.17) is 0 Å². The first-order chi connectivity index (χ1) is 36.4. The Morgan fingerprint density at radius 3 is 1.22 bits per heavy atom. The van der Waals surface area contributed by atoms with E-state index in [9.17, 15) is 95.1 Å². The zero-order valence-corrected chi connectivity index (χ0v) is 41.8. The molecule has 4 aromatic carbocycles. The number of carbonyl (C=O) groups excluding carboxylic acids is 7. The number of benzene rings is 4. The molecule has 409 valence electrons. The van der Waals surface area contributed by atoms with E-state index in [0.29, 0.717) is 21.9 Å². The number of nitrogens with zero attached hydrogens (tertiary/aromatic N) is 3. The minimum Gasteiger partial charge on any atom is -0.450 e. The van der Waals surface area contributed by atoms with Gasteiger partial charge >= 0.3 is 28.8 Å². The van der Waals surface area contributed by atoms with E-state index in [1.165, 1.54) is 22.9 Å². The molecule has 0 atom stereocenters. The third kappa shape index (κ3) is 16.4. The van der Waals surface area contributed by atoms with Crippen LogP contribution in [0.25, 0.3) is 0 Å². The fourth-order valence-electron chi connectivity index (χ4n) is 7.10. The van der Waals surface area contributed by atoms with Gasteiger partial charge in [-0.05, 0) is 49.0 Å². The molecule has 0 heterocycles. The maximum absolute atomic E-state index is 15.2. The summed E-state index contributed by atoms with van der Waals surface area (Å²) < 4.78 is 120. The number of hydrogen-bond acceptors (Lipinski definition) is 14. The lowest BCUT2D eigenvalue weighted by Gasteiger charge is -2.28. The molecule has 0 aliphatic carbocycles. The minimum absolute atomic E-state index is 0.194. The van der Waals surface area contributed by atoms with E-state index < -0.39 is 199 Å². The Labute approximate surface area is 446 Å². The van der Waals surface area contributed by atoms with Gasteiger partial charge in [-0.3, -0.25) is 37.1 Å². The average molecular weight is 1200 g/mol. The Bertz CT molecular complexity index is 2870. The molecule has 0 spiro atoms. The van der Waals surface area contributed by atoms with Gasteiger partial charge in [0.05, 0.1) is 51.7 Å². The van der Waals surface area contributed by atoms with E-state index in [1.807, 2.05) is 0 Å². The topological polar surface area (TPSA) is 319 Å². The molecule has 1 radical (unpaired) electrons. The molecular formula is C43H43B4F8IN7O14. The van der Waals surface area contributed by atoms with Gasteiger partial charge in [-0.25, -0.2) is 35.1 Å². The lowest BCUT2D eigenvalue weighted by atomic mass is 9.79. The quantitative estimate of drug-likeness (QED) is 0.00943. The molecule has 0 aliphatic rings. The molecule has 0 aliphatic heterocycles. The summed E-state index contributed by atoms with van der Waals surface area (Å²) in [6.07, 6.45) is -0.775. The number of halogens is 9. The summed E-state index contributed by atoms with van der Waals surface area (Å²) >= 11 is 1.45. The van der Waals surface area contributed by atoms with Crippen molar-refractivity contribution in [3.8, 4) is 0 Å². The highest BCUT2D eigenvalue weighted by Crippen LogP contribution is 2.17. The number of hydrogen-bond donors (Lipinski definition) is 11. The average Bonchev–Trinajstić information content (AvgIpc) is 3.38. The van der Waals surface area contributed by atoms with Crippen LogP contribution in [0, 0.1) is 46.5 Å². The summed E-state index contributed by atoms with van der Waals surface area (Å²) in [6.45, 7) is -5.22. The Morgan fingerprint density at radius 1 is 0.455 bits per heavy atom. The summed E-state index contributed by atoms with van der Waals surface area (Å²) in [6, 6.07) is 5.98. The summed E-state index contributed by atoms with van der Waals surface area (Å²) in [4.78, 5) is 94.5. The van der Waals surface area contributed by atoms with Crippen LogP contribution >= 0.6 is 22.9 Å². The van der Waals surface area contributed by atoms with Crippen LogP contribution in [0.4, 0.5) is 35.1 Å². The van der Waals surface area contributed by atoms with Gasteiger partial charge in [-0.15, -0.1) is 0 Å². The fraction of sp³-hybridized carbons (Fsp3) is 0.279. The van der Waals surface area contributed by atoms with Crippen molar-refractivity contribution >= 4 is 115 Å². The Morgan fingerprint density at radius 2 is 0.805 bits per heavy atom. The third-order valence-electron chi connectivity index (χ3n) is 11.1. The molecule has 0 saturated carbocycles.